The highest BCUT2D eigenvalue weighted by Gasteiger charge is 2.18. The Hall–Kier alpha value is -2.40. The highest BCUT2D eigenvalue weighted by molar-refractivity contribution is 9.10. The van der Waals surface area contributed by atoms with E-state index in [9.17, 15) is 4.79 Å². The van der Waals surface area contributed by atoms with Crippen molar-refractivity contribution < 1.29 is 9.32 Å². The molecule has 2 aromatic carbocycles. The fraction of sp³-hybridized carbons (Fsp3) is 0.111. The summed E-state index contributed by atoms with van der Waals surface area (Å²) in [5, 5.41) is 3.98. The van der Waals surface area contributed by atoms with Gasteiger partial charge in [0.15, 0.2) is 0 Å². The molecule has 23 heavy (non-hydrogen) atoms. The SMILES string of the molecule is CN(Cc1ccc(Br)cc1)C(=O)c1cc(-c2ccccc2)no1. The molecule has 0 spiro atoms. The van der Waals surface area contributed by atoms with Gasteiger partial charge in [-0.05, 0) is 17.7 Å². The lowest BCUT2D eigenvalue weighted by molar-refractivity contribution is 0.0743. The van der Waals surface area contributed by atoms with Gasteiger partial charge in [-0.1, -0.05) is 63.6 Å². The Kier molecular flexibility index (Phi) is 4.57. The minimum Gasteiger partial charge on any atom is -0.350 e. The number of benzene rings is 2. The summed E-state index contributed by atoms with van der Waals surface area (Å²) in [4.78, 5) is 14.1. The number of hydrogen-bond acceptors (Lipinski definition) is 3. The summed E-state index contributed by atoms with van der Waals surface area (Å²) in [6, 6.07) is 19.2. The molecule has 3 aromatic rings. The van der Waals surface area contributed by atoms with Gasteiger partial charge < -0.3 is 9.42 Å². The summed E-state index contributed by atoms with van der Waals surface area (Å²) in [7, 11) is 1.75. The normalized spacial score (nSPS) is 10.5. The van der Waals surface area contributed by atoms with Crippen LogP contribution in [-0.4, -0.2) is 23.0 Å². The van der Waals surface area contributed by atoms with Crippen LogP contribution in [0, 0.1) is 0 Å². The van der Waals surface area contributed by atoms with E-state index in [0.29, 0.717) is 12.2 Å². The zero-order valence-corrected chi connectivity index (χ0v) is 14.2. The van der Waals surface area contributed by atoms with Crippen molar-refractivity contribution in [3.05, 3.63) is 76.5 Å². The molecule has 0 fully saturated rings. The van der Waals surface area contributed by atoms with Crippen molar-refractivity contribution >= 4 is 21.8 Å². The van der Waals surface area contributed by atoms with E-state index in [1.54, 1.807) is 18.0 Å². The third-order valence-corrected chi connectivity index (χ3v) is 4.00. The molecule has 1 aromatic heterocycles. The summed E-state index contributed by atoms with van der Waals surface area (Å²) in [6.07, 6.45) is 0. The van der Waals surface area contributed by atoms with Crippen LogP contribution >= 0.6 is 15.9 Å². The van der Waals surface area contributed by atoms with Gasteiger partial charge in [0.25, 0.3) is 5.91 Å². The van der Waals surface area contributed by atoms with E-state index in [1.165, 1.54) is 0 Å². The highest BCUT2D eigenvalue weighted by Crippen LogP contribution is 2.20. The van der Waals surface area contributed by atoms with Gasteiger partial charge in [-0.3, -0.25) is 4.79 Å². The van der Waals surface area contributed by atoms with Crippen molar-refractivity contribution in [1.29, 1.82) is 0 Å². The van der Waals surface area contributed by atoms with Crippen LogP contribution in [0.4, 0.5) is 0 Å². The molecule has 0 bridgehead atoms. The first kappa shape index (κ1) is 15.5. The second kappa shape index (κ2) is 6.79. The zero-order chi connectivity index (χ0) is 16.2. The molecule has 4 nitrogen and oxygen atoms in total. The van der Waals surface area contributed by atoms with E-state index in [0.717, 1.165) is 15.6 Å². The molecule has 0 unspecified atom stereocenters. The highest BCUT2D eigenvalue weighted by atomic mass is 79.9. The average Bonchev–Trinajstić information content (AvgIpc) is 3.07. The molecule has 0 aliphatic heterocycles. The third-order valence-electron chi connectivity index (χ3n) is 3.47. The molecule has 3 rings (SSSR count). The Balaban J connectivity index is 1.72. The second-order valence-corrected chi connectivity index (χ2v) is 6.15. The Morgan fingerprint density at radius 2 is 1.83 bits per heavy atom. The third kappa shape index (κ3) is 3.68. The molecular weight excluding hydrogens is 356 g/mol. The van der Waals surface area contributed by atoms with Crippen molar-refractivity contribution in [2.24, 2.45) is 0 Å². The van der Waals surface area contributed by atoms with Crippen LogP contribution in [0.15, 0.2) is 69.7 Å². The maximum atomic E-state index is 12.4. The van der Waals surface area contributed by atoms with Gasteiger partial charge in [0, 0.05) is 29.7 Å². The Labute approximate surface area is 142 Å². The molecule has 5 heteroatoms. The maximum Gasteiger partial charge on any atom is 0.292 e. The lowest BCUT2D eigenvalue weighted by Crippen LogP contribution is -2.25. The van der Waals surface area contributed by atoms with Gasteiger partial charge in [0.05, 0.1) is 0 Å². The van der Waals surface area contributed by atoms with Crippen molar-refractivity contribution in [2.75, 3.05) is 7.05 Å². The van der Waals surface area contributed by atoms with Crippen LogP contribution in [0.25, 0.3) is 11.3 Å². The molecule has 1 amide bonds. The first-order valence-corrected chi connectivity index (χ1v) is 7.95. The molecule has 0 N–H and O–H groups in total. The first-order chi connectivity index (χ1) is 11.1. The molecular formula is C18H15BrN2O2. The van der Waals surface area contributed by atoms with E-state index >= 15 is 0 Å². The first-order valence-electron chi connectivity index (χ1n) is 7.15. The molecule has 0 saturated heterocycles. The molecule has 1 heterocycles. The van der Waals surface area contributed by atoms with E-state index in [1.807, 2.05) is 54.6 Å². The van der Waals surface area contributed by atoms with E-state index in [2.05, 4.69) is 21.1 Å². The number of amides is 1. The molecule has 0 radical (unpaired) electrons. The smallest absolute Gasteiger partial charge is 0.292 e. The minimum atomic E-state index is -0.192. The molecule has 0 aliphatic rings. The van der Waals surface area contributed by atoms with Gasteiger partial charge in [-0.25, -0.2) is 0 Å². The van der Waals surface area contributed by atoms with Gasteiger partial charge in [0.1, 0.15) is 5.69 Å². The van der Waals surface area contributed by atoms with Crippen LogP contribution in [0.5, 0.6) is 0 Å². The topological polar surface area (TPSA) is 46.3 Å². The standard InChI is InChI=1S/C18H15BrN2O2/c1-21(12-13-7-9-15(19)10-8-13)18(22)17-11-16(20-23-17)14-5-3-2-4-6-14/h2-11H,12H2,1H3. The van der Waals surface area contributed by atoms with Gasteiger partial charge in [0.2, 0.25) is 5.76 Å². The van der Waals surface area contributed by atoms with Crippen molar-refractivity contribution in [1.82, 2.24) is 10.1 Å². The fourth-order valence-corrected chi connectivity index (χ4v) is 2.51. The predicted octanol–water partition coefficient (Wildman–Crippen LogP) is 4.38. The number of carbonyl (C=O) groups excluding carboxylic acids is 1. The minimum absolute atomic E-state index is 0.192. The second-order valence-electron chi connectivity index (χ2n) is 5.23. The van der Waals surface area contributed by atoms with E-state index in [-0.39, 0.29) is 11.7 Å². The monoisotopic (exact) mass is 370 g/mol. The van der Waals surface area contributed by atoms with Crippen LogP contribution in [0.1, 0.15) is 16.1 Å². The van der Waals surface area contributed by atoms with Crippen molar-refractivity contribution in [2.45, 2.75) is 6.54 Å². The number of aromatic nitrogens is 1. The lowest BCUT2D eigenvalue weighted by Gasteiger charge is -2.15. The maximum absolute atomic E-state index is 12.4. The number of nitrogens with zero attached hydrogens (tertiary/aromatic N) is 2. The summed E-state index contributed by atoms with van der Waals surface area (Å²) in [5.41, 5.74) is 2.63. The molecule has 116 valence electrons. The fourth-order valence-electron chi connectivity index (χ4n) is 2.24. The zero-order valence-electron chi connectivity index (χ0n) is 12.6. The summed E-state index contributed by atoms with van der Waals surface area (Å²) in [6.45, 7) is 0.507. The summed E-state index contributed by atoms with van der Waals surface area (Å²) >= 11 is 3.40. The largest absolute Gasteiger partial charge is 0.350 e. The number of halogens is 1. The number of carbonyl (C=O) groups is 1. The van der Waals surface area contributed by atoms with Gasteiger partial charge in [-0.2, -0.15) is 0 Å². The van der Waals surface area contributed by atoms with Crippen molar-refractivity contribution in [3.63, 3.8) is 0 Å². The Morgan fingerprint density at radius 1 is 1.13 bits per heavy atom. The molecule has 0 atom stereocenters. The number of hydrogen-bond donors (Lipinski definition) is 0. The Morgan fingerprint density at radius 3 is 2.52 bits per heavy atom. The lowest BCUT2D eigenvalue weighted by atomic mass is 10.1. The van der Waals surface area contributed by atoms with Crippen LogP contribution < -0.4 is 0 Å². The average molecular weight is 371 g/mol. The Bertz CT molecular complexity index is 797. The molecule has 0 aliphatic carbocycles. The van der Waals surface area contributed by atoms with E-state index < -0.39 is 0 Å². The quantitative estimate of drug-likeness (QED) is 0.684. The number of rotatable bonds is 4. The van der Waals surface area contributed by atoms with Crippen molar-refractivity contribution in [3.8, 4) is 11.3 Å². The summed E-state index contributed by atoms with van der Waals surface area (Å²) < 4.78 is 6.22. The van der Waals surface area contributed by atoms with Crippen LogP contribution in [0.3, 0.4) is 0 Å². The summed E-state index contributed by atoms with van der Waals surface area (Å²) in [5.74, 6) is 0.0473. The van der Waals surface area contributed by atoms with Gasteiger partial charge >= 0.3 is 0 Å². The van der Waals surface area contributed by atoms with Gasteiger partial charge in [-0.15, -0.1) is 0 Å². The van der Waals surface area contributed by atoms with Crippen LogP contribution in [0.2, 0.25) is 0 Å². The molecule has 0 saturated carbocycles. The predicted molar refractivity (Wildman–Crippen MR) is 91.9 cm³/mol. The van der Waals surface area contributed by atoms with E-state index in [4.69, 9.17) is 4.52 Å². The van der Waals surface area contributed by atoms with Crippen LogP contribution in [-0.2, 0) is 6.54 Å².